The van der Waals surface area contributed by atoms with Crippen LogP contribution in [0, 0.1) is 0 Å². The maximum Gasteiger partial charge on any atom is 0.409 e. The number of hydrogen-bond donors (Lipinski definition) is 0. The quantitative estimate of drug-likeness (QED) is 0.655. The Morgan fingerprint density at radius 1 is 1.12 bits per heavy atom. The molecule has 1 aliphatic rings. The first-order valence-corrected chi connectivity index (χ1v) is 5.99. The number of ether oxygens (including phenoxy) is 2. The molecule has 1 heterocycles. The van der Waals surface area contributed by atoms with Gasteiger partial charge in [-0.25, -0.2) is 4.79 Å². The summed E-state index contributed by atoms with van der Waals surface area (Å²) in [5.41, 5.74) is 0. The van der Waals surface area contributed by atoms with Crippen LogP contribution in [0.15, 0.2) is 0 Å². The second kappa shape index (κ2) is 7.46. The molecule has 0 aromatic carbocycles. The summed E-state index contributed by atoms with van der Waals surface area (Å²) in [5, 5.41) is 0. The monoisotopic (exact) mass is 230 g/mol. The van der Waals surface area contributed by atoms with Gasteiger partial charge in [-0.2, -0.15) is 0 Å². The lowest BCUT2D eigenvalue weighted by molar-refractivity contribution is 0.0638. The lowest BCUT2D eigenvalue weighted by Crippen LogP contribution is -2.49. The fraction of sp³-hybridized carbons (Fsp3) is 0.909. The molecule has 0 aromatic heterocycles. The molecule has 94 valence electrons. The molecule has 16 heavy (non-hydrogen) atoms. The Hall–Kier alpha value is -0.810. The van der Waals surface area contributed by atoms with Crippen LogP contribution in [0.4, 0.5) is 4.79 Å². The summed E-state index contributed by atoms with van der Waals surface area (Å²) in [6, 6.07) is 0. The van der Waals surface area contributed by atoms with E-state index in [0.29, 0.717) is 6.61 Å². The van der Waals surface area contributed by atoms with Gasteiger partial charge in [0.05, 0.1) is 13.2 Å². The highest BCUT2D eigenvalue weighted by molar-refractivity contribution is 5.67. The SMILES string of the molecule is CCOCCN1CCN(C(=O)OCC)CC1. The van der Waals surface area contributed by atoms with Crippen molar-refractivity contribution in [3.63, 3.8) is 0 Å². The van der Waals surface area contributed by atoms with Gasteiger partial charge in [0, 0.05) is 39.3 Å². The van der Waals surface area contributed by atoms with Crippen molar-refractivity contribution in [2.75, 3.05) is 52.5 Å². The number of carbonyl (C=O) groups excluding carboxylic acids is 1. The molecule has 0 unspecified atom stereocenters. The second-order valence-corrected chi connectivity index (χ2v) is 3.72. The van der Waals surface area contributed by atoms with Crippen LogP contribution in [0.3, 0.4) is 0 Å². The first-order chi connectivity index (χ1) is 7.77. The van der Waals surface area contributed by atoms with Crippen LogP contribution in [0.5, 0.6) is 0 Å². The predicted molar refractivity (Wildman–Crippen MR) is 61.5 cm³/mol. The highest BCUT2D eigenvalue weighted by Crippen LogP contribution is 2.03. The molecule has 1 fully saturated rings. The second-order valence-electron chi connectivity index (χ2n) is 3.72. The first-order valence-electron chi connectivity index (χ1n) is 5.99. The third kappa shape index (κ3) is 4.37. The predicted octanol–water partition coefficient (Wildman–Crippen LogP) is 0.797. The number of carbonyl (C=O) groups is 1. The van der Waals surface area contributed by atoms with Crippen molar-refractivity contribution in [3.8, 4) is 0 Å². The lowest BCUT2D eigenvalue weighted by atomic mass is 10.3. The lowest BCUT2D eigenvalue weighted by Gasteiger charge is -2.33. The molecule has 0 aromatic rings. The van der Waals surface area contributed by atoms with Crippen molar-refractivity contribution in [1.82, 2.24) is 9.80 Å². The van der Waals surface area contributed by atoms with Crippen LogP contribution < -0.4 is 0 Å². The van der Waals surface area contributed by atoms with Gasteiger partial charge in [0.2, 0.25) is 0 Å². The molecule has 1 aliphatic heterocycles. The molecule has 1 amide bonds. The largest absolute Gasteiger partial charge is 0.450 e. The summed E-state index contributed by atoms with van der Waals surface area (Å²) in [7, 11) is 0. The van der Waals surface area contributed by atoms with Crippen molar-refractivity contribution in [2.45, 2.75) is 13.8 Å². The minimum Gasteiger partial charge on any atom is -0.450 e. The Morgan fingerprint density at radius 3 is 2.38 bits per heavy atom. The zero-order valence-corrected chi connectivity index (χ0v) is 10.3. The molecule has 0 radical (unpaired) electrons. The minimum atomic E-state index is -0.188. The number of rotatable bonds is 5. The smallest absolute Gasteiger partial charge is 0.409 e. The molecule has 0 spiro atoms. The zero-order chi connectivity index (χ0) is 11.8. The van der Waals surface area contributed by atoms with Gasteiger partial charge >= 0.3 is 6.09 Å². The number of nitrogens with zero attached hydrogens (tertiary/aromatic N) is 2. The molecule has 0 N–H and O–H groups in total. The zero-order valence-electron chi connectivity index (χ0n) is 10.3. The van der Waals surface area contributed by atoms with Crippen LogP contribution >= 0.6 is 0 Å². The number of piperazine rings is 1. The Labute approximate surface area is 97.3 Å². The van der Waals surface area contributed by atoms with Crippen molar-refractivity contribution in [3.05, 3.63) is 0 Å². The fourth-order valence-corrected chi connectivity index (χ4v) is 1.71. The molecular formula is C11H22N2O3. The molecule has 0 saturated carbocycles. The summed E-state index contributed by atoms with van der Waals surface area (Å²) < 4.78 is 10.3. The standard InChI is InChI=1S/C11H22N2O3/c1-3-15-10-9-12-5-7-13(8-6-12)11(14)16-4-2/h3-10H2,1-2H3. The summed E-state index contributed by atoms with van der Waals surface area (Å²) in [6.45, 7) is 10.1. The van der Waals surface area contributed by atoms with Gasteiger partial charge in [-0.05, 0) is 13.8 Å². The van der Waals surface area contributed by atoms with Crippen molar-refractivity contribution < 1.29 is 14.3 Å². The molecule has 0 atom stereocenters. The molecule has 1 rings (SSSR count). The van der Waals surface area contributed by atoms with Crippen molar-refractivity contribution in [2.24, 2.45) is 0 Å². The molecule has 1 saturated heterocycles. The van der Waals surface area contributed by atoms with Gasteiger partial charge in [0.25, 0.3) is 0 Å². The maximum atomic E-state index is 11.4. The third-order valence-corrected chi connectivity index (χ3v) is 2.65. The summed E-state index contributed by atoms with van der Waals surface area (Å²) in [4.78, 5) is 15.5. The maximum absolute atomic E-state index is 11.4. The van der Waals surface area contributed by atoms with E-state index in [0.717, 1.165) is 45.9 Å². The fourth-order valence-electron chi connectivity index (χ4n) is 1.71. The van der Waals surface area contributed by atoms with Crippen LogP contribution in [0.1, 0.15) is 13.8 Å². The van der Waals surface area contributed by atoms with E-state index in [2.05, 4.69) is 4.90 Å². The summed E-state index contributed by atoms with van der Waals surface area (Å²) in [6.07, 6.45) is -0.188. The molecule has 5 heteroatoms. The van der Waals surface area contributed by atoms with Crippen LogP contribution in [0.25, 0.3) is 0 Å². The topological polar surface area (TPSA) is 42.0 Å². The van der Waals surface area contributed by atoms with E-state index in [9.17, 15) is 4.79 Å². The van der Waals surface area contributed by atoms with Gasteiger partial charge in [-0.3, -0.25) is 4.90 Å². The van der Waals surface area contributed by atoms with Gasteiger partial charge in [0.15, 0.2) is 0 Å². The van der Waals surface area contributed by atoms with E-state index >= 15 is 0 Å². The molecule has 0 bridgehead atoms. The average molecular weight is 230 g/mol. The Kier molecular flexibility index (Phi) is 6.18. The van der Waals surface area contributed by atoms with Crippen LogP contribution in [-0.4, -0.2) is 68.4 Å². The Bertz CT molecular complexity index is 203. The Morgan fingerprint density at radius 2 is 1.81 bits per heavy atom. The van der Waals surface area contributed by atoms with Gasteiger partial charge in [-0.1, -0.05) is 0 Å². The normalized spacial score (nSPS) is 17.5. The van der Waals surface area contributed by atoms with Crippen LogP contribution in [-0.2, 0) is 9.47 Å². The van der Waals surface area contributed by atoms with E-state index in [-0.39, 0.29) is 6.09 Å². The van der Waals surface area contributed by atoms with Gasteiger partial charge < -0.3 is 14.4 Å². The highest BCUT2D eigenvalue weighted by atomic mass is 16.6. The van der Waals surface area contributed by atoms with E-state index in [1.54, 1.807) is 4.90 Å². The Balaban J connectivity index is 2.15. The van der Waals surface area contributed by atoms with E-state index < -0.39 is 0 Å². The van der Waals surface area contributed by atoms with E-state index in [1.807, 2.05) is 13.8 Å². The highest BCUT2D eigenvalue weighted by Gasteiger charge is 2.21. The molecule has 0 aliphatic carbocycles. The molecular weight excluding hydrogens is 208 g/mol. The first kappa shape index (κ1) is 13.3. The number of amides is 1. The van der Waals surface area contributed by atoms with Crippen molar-refractivity contribution >= 4 is 6.09 Å². The minimum absolute atomic E-state index is 0.188. The van der Waals surface area contributed by atoms with Gasteiger partial charge in [0.1, 0.15) is 0 Å². The number of hydrogen-bond acceptors (Lipinski definition) is 4. The van der Waals surface area contributed by atoms with Crippen molar-refractivity contribution in [1.29, 1.82) is 0 Å². The molecule has 5 nitrogen and oxygen atoms in total. The average Bonchev–Trinajstić information content (AvgIpc) is 2.30. The summed E-state index contributed by atoms with van der Waals surface area (Å²) in [5.74, 6) is 0. The third-order valence-electron chi connectivity index (χ3n) is 2.65. The van der Waals surface area contributed by atoms with E-state index in [1.165, 1.54) is 0 Å². The summed E-state index contributed by atoms with van der Waals surface area (Å²) >= 11 is 0. The van der Waals surface area contributed by atoms with Crippen LogP contribution in [0.2, 0.25) is 0 Å². The van der Waals surface area contributed by atoms with E-state index in [4.69, 9.17) is 9.47 Å². The van der Waals surface area contributed by atoms with Gasteiger partial charge in [-0.15, -0.1) is 0 Å².